The van der Waals surface area contributed by atoms with Gasteiger partial charge in [0.25, 0.3) is 5.56 Å². The quantitative estimate of drug-likeness (QED) is 0.929. The molecule has 0 bridgehead atoms. The zero-order chi connectivity index (χ0) is 18.2. The van der Waals surface area contributed by atoms with Gasteiger partial charge < -0.3 is 9.72 Å². The van der Waals surface area contributed by atoms with Crippen molar-refractivity contribution in [2.45, 2.75) is 45.7 Å². The molecule has 0 radical (unpaired) electrons. The topological polar surface area (TPSA) is 58.2 Å². The summed E-state index contributed by atoms with van der Waals surface area (Å²) in [5.74, 6) is 0.918. The first-order valence-electron chi connectivity index (χ1n) is 8.45. The second-order valence-corrected chi connectivity index (χ2v) is 7.51. The molecule has 0 spiro atoms. The van der Waals surface area contributed by atoms with Crippen molar-refractivity contribution in [2.75, 3.05) is 13.7 Å². The Bertz CT molecular complexity index is 840. The van der Waals surface area contributed by atoms with Crippen molar-refractivity contribution in [3.63, 3.8) is 0 Å². The molecule has 0 saturated carbocycles. The number of H-pyrrole nitrogens is 1. The Balaban J connectivity index is 1.83. The van der Waals surface area contributed by atoms with Crippen LogP contribution in [-0.2, 0) is 24.9 Å². The number of benzene rings is 1. The van der Waals surface area contributed by atoms with Crippen LogP contribution in [-0.4, -0.2) is 28.5 Å². The van der Waals surface area contributed by atoms with Crippen molar-refractivity contribution >= 4 is 0 Å². The van der Waals surface area contributed by atoms with E-state index in [0.29, 0.717) is 43.2 Å². The van der Waals surface area contributed by atoms with E-state index in [1.165, 1.54) is 13.2 Å². The summed E-state index contributed by atoms with van der Waals surface area (Å²) in [6, 6.07) is 4.90. The van der Waals surface area contributed by atoms with Crippen LogP contribution in [0, 0.1) is 5.82 Å². The summed E-state index contributed by atoms with van der Waals surface area (Å²) < 4.78 is 19.2. The third-order valence-electron chi connectivity index (χ3n) is 4.52. The van der Waals surface area contributed by atoms with Gasteiger partial charge in [-0.1, -0.05) is 26.8 Å². The number of nitrogens with one attached hydrogen (secondary N) is 1. The Morgan fingerprint density at radius 2 is 2.12 bits per heavy atom. The van der Waals surface area contributed by atoms with Gasteiger partial charge in [0.1, 0.15) is 17.4 Å². The predicted octanol–water partition coefficient (Wildman–Crippen LogP) is 2.77. The summed E-state index contributed by atoms with van der Waals surface area (Å²) in [5.41, 5.74) is 1.89. The first-order chi connectivity index (χ1) is 11.8. The lowest BCUT2D eigenvalue weighted by Gasteiger charge is -2.29. The molecule has 1 aliphatic rings. The van der Waals surface area contributed by atoms with Gasteiger partial charge in [-0.15, -0.1) is 0 Å². The molecule has 2 heterocycles. The highest BCUT2D eigenvalue weighted by molar-refractivity contribution is 5.29. The van der Waals surface area contributed by atoms with Gasteiger partial charge in [0.05, 0.1) is 12.8 Å². The largest absolute Gasteiger partial charge is 0.497 e. The van der Waals surface area contributed by atoms with E-state index >= 15 is 0 Å². The molecule has 0 amide bonds. The maximum Gasteiger partial charge on any atom is 0.254 e. The van der Waals surface area contributed by atoms with Crippen molar-refractivity contribution in [1.29, 1.82) is 0 Å². The van der Waals surface area contributed by atoms with Crippen LogP contribution in [0.2, 0.25) is 0 Å². The lowest BCUT2D eigenvalue weighted by Crippen LogP contribution is -2.36. The standard InChI is InChI=1S/C19H24FN3O2/c1-19(2,3)18-21-16-11-23(8-7-14(16)17(24)22-18)10-12-5-6-13(25-4)9-15(12)20/h5-6,9H,7-8,10-11H2,1-4H3,(H,21,22,24). The molecule has 0 fully saturated rings. The third-order valence-corrected chi connectivity index (χ3v) is 4.52. The van der Waals surface area contributed by atoms with Gasteiger partial charge >= 0.3 is 0 Å². The van der Waals surface area contributed by atoms with Gasteiger partial charge in [0.15, 0.2) is 0 Å². The summed E-state index contributed by atoms with van der Waals surface area (Å²) in [6.45, 7) is 7.79. The molecule has 6 heteroatoms. The molecular formula is C19H24FN3O2. The van der Waals surface area contributed by atoms with Crippen LogP contribution < -0.4 is 10.3 Å². The van der Waals surface area contributed by atoms with Gasteiger partial charge in [-0.2, -0.15) is 0 Å². The minimum absolute atomic E-state index is 0.0507. The highest BCUT2D eigenvalue weighted by Gasteiger charge is 2.25. The molecule has 0 unspecified atom stereocenters. The normalized spacial score (nSPS) is 15.1. The fourth-order valence-electron chi connectivity index (χ4n) is 3.01. The van der Waals surface area contributed by atoms with Crippen LogP contribution in [0.15, 0.2) is 23.0 Å². The van der Waals surface area contributed by atoms with Crippen molar-refractivity contribution in [2.24, 2.45) is 0 Å². The van der Waals surface area contributed by atoms with Gasteiger partial charge in [-0.3, -0.25) is 9.69 Å². The van der Waals surface area contributed by atoms with E-state index in [1.807, 2.05) is 20.8 Å². The monoisotopic (exact) mass is 345 g/mol. The molecular weight excluding hydrogens is 321 g/mol. The van der Waals surface area contributed by atoms with Crippen LogP contribution in [0.1, 0.15) is 43.4 Å². The van der Waals surface area contributed by atoms with Crippen LogP contribution in [0.3, 0.4) is 0 Å². The van der Waals surface area contributed by atoms with Crippen molar-refractivity contribution in [3.8, 4) is 5.75 Å². The maximum absolute atomic E-state index is 14.2. The van der Waals surface area contributed by atoms with E-state index in [9.17, 15) is 9.18 Å². The number of hydrogen-bond donors (Lipinski definition) is 1. The van der Waals surface area contributed by atoms with E-state index in [4.69, 9.17) is 4.74 Å². The minimum Gasteiger partial charge on any atom is -0.497 e. The van der Waals surface area contributed by atoms with Crippen molar-refractivity contribution < 1.29 is 9.13 Å². The van der Waals surface area contributed by atoms with E-state index in [1.54, 1.807) is 12.1 Å². The molecule has 25 heavy (non-hydrogen) atoms. The third kappa shape index (κ3) is 3.74. The van der Waals surface area contributed by atoms with Crippen LogP contribution >= 0.6 is 0 Å². The Labute approximate surface area is 146 Å². The van der Waals surface area contributed by atoms with E-state index < -0.39 is 0 Å². The number of rotatable bonds is 3. The van der Waals surface area contributed by atoms with Crippen LogP contribution in [0.25, 0.3) is 0 Å². The second kappa shape index (κ2) is 6.59. The molecule has 1 N–H and O–H groups in total. The highest BCUT2D eigenvalue weighted by atomic mass is 19.1. The van der Waals surface area contributed by atoms with Gasteiger partial charge in [0.2, 0.25) is 0 Å². The van der Waals surface area contributed by atoms with E-state index in [0.717, 1.165) is 11.3 Å². The Hall–Kier alpha value is -2.21. The number of aromatic nitrogens is 2. The lowest BCUT2D eigenvalue weighted by molar-refractivity contribution is 0.236. The molecule has 0 aliphatic carbocycles. The van der Waals surface area contributed by atoms with Crippen LogP contribution in [0.5, 0.6) is 5.75 Å². The van der Waals surface area contributed by atoms with Crippen LogP contribution in [0.4, 0.5) is 4.39 Å². The average Bonchev–Trinajstić information content (AvgIpc) is 2.55. The van der Waals surface area contributed by atoms with Crippen molar-refractivity contribution in [3.05, 3.63) is 57.0 Å². The minimum atomic E-state index is -0.278. The smallest absolute Gasteiger partial charge is 0.254 e. The number of halogens is 1. The SMILES string of the molecule is COc1ccc(CN2CCc3c(nc(C(C)(C)C)[nH]c3=O)C2)c(F)c1. The number of ether oxygens (including phenoxy) is 1. The first kappa shape index (κ1) is 17.6. The summed E-state index contributed by atoms with van der Waals surface area (Å²) in [7, 11) is 1.52. The molecule has 1 aromatic heterocycles. The Kier molecular flexibility index (Phi) is 4.64. The maximum atomic E-state index is 14.2. The summed E-state index contributed by atoms with van der Waals surface area (Å²) in [4.78, 5) is 22.0. The number of methoxy groups -OCH3 is 1. The molecule has 3 rings (SSSR count). The van der Waals surface area contributed by atoms with E-state index in [2.05, 4.69) is 14.9 Å². The van der Waals surface area contributed by atoms with Gasteiger partial charge in [-0.05, 0) is 12.5 Å². The summed E-state index contributed by atoms with van der Waals surface area (Å²) in [5, 5.41) is 0. The van der Waals surface area contributed by atoms with Gasteiger partial charge in [0, 0.05) is 42.2 Å². The van der Waals surface area contributed by atoms with Gasteiger partial charge in [-0.25, -0.2) is 9.37 Å². The Morgan fingerprint density at radius 1 is 1.36 bits per heavy atom. The van der Waals surface area contributed by atoms with Crippen molar-refractivity contribution in [1.82, 2.24) is 14.9 Å². The number of aromatic amines is 1. The summed E-state index contributed by atoms with van der Waals surface area (Å²) in [6.07, 6.45) is 0.625. The molecule has 0 atom stereocenters. The number of nitrogens with zero attached hydrogens (tertiary/aromatic N) is 2. The zero-order valence-electron chi connectivity index (χ0n) is 15.1. The molecule has 1 aliphatic heterocycles. The fraction of sp³-hybridized carbons (Fsp3) is 0.474. The zero-order valence-corrected chi connectivity index (χ0v) is 15.1. The highest BCUT2D eigenvalue weighted by Crippen LogP contribution is 2.23. The number of fused-ring (bicyclic) bond motifs is 1. The summed E-state index contributed by atoms with van der Waals surface area (Å²) >= 11 is 0. The molecule has 0 saturated heterocycles. The lowest BCUT2D eigenvalue weighted by atomic mass is 9.95. The fourth-order valence-corrected chi connectivity index (χ4v) is 3.01. The molecule has 1 aromatic carbocycles. The molecule has 5 nitrogen and oxygen atoms in total. The number of hydrogen-bond acceptors (Lipinski definition) is 4. The predicted molar refractivity (Wildman–Crippen MR) is 94.3 cm³/mol. The second-order valence-electron chi connectivity index (χ2n) is 7.51. The molecule has 2 aromatic rings. The first-order valence-corrected chi connectivity index (χ1v) is 8.45. The average molecular weight is 345 g/mol. The Morgan fingerprint density at radius 3 is 2.76 bits per heavy atom. The van der Waals surface area contributed by atoms with E-state index in [-0.39, 0.29) is 16.8 Å². The molecule has 134 valence electrons.